The number of hydrogen-bond acceptors (Lipinski definition) is 4. The van der Waals surface area contributed by atoms with Crippen molar-refractivity contribution in [2.45, 2.75) is 13.0 Å². The van der Waals surface area contributed by atoms with Gasteiger partial charge in [0.1, 0.15) is 0 Å². The van der Waals surface area contributed by atoms with Gasteiger partial charge >= 0.3 is 0 Å². The molecule has 1 amide bonds. The maximum absolute atomic E-state index is 12.2. The smallest absolute Gasteiger partial charge is 0.239 e. The molecule has 2 aliphatic heterocycles. The number of piperazine rings is 1. The van der Waals surface area contributed by atoms with Crippen LogP contribution in [0.1, 0.15) is 6.92 Å². The highest BCUT2D eigenvalue weighted by Crippen LogP contribution is 2.13. The van der Waals surface area contributed by atoms with Gasteiger partial charge in [0, 0.05) is 50.8 Å². The summed E-state index contributed by atoms with van der Waals surface area (Å²) in [4.78, 5) is 16.6. The molecule has 0 radical (unpaired) electrons. The highest BCUT2D eigenvalue weighted by atomic mass is 32.2. The minimum atomic E-state index is 0.0685. The van der Waals surface area contributed by atoms with Crippen LogP contribution in [0, 0.1) is 0 Å². The van der Waals surface area contributed by atoms with Crippen LogP contribution in [-0.4, -0.2) is 72.5 Å². The summed E-state index contributed by atoms with van der Waals surface area (Å²) in [5, 5.41) is 3.28. The lowest BCUT2D eigenvalue weighted by atomic mass is 10.2. The van der Waals surface area contributed by atoms with Gasteiger partial charge in [-0.2, -0.15) is 11.8 Å². The molecule has 0 aromatic heterocycles. The standard InChI is InChI=1S/C11H21N3OS/c1-10(13-6-8-16-9-7-13)11(15)14-4-2-12-3-5-14/h10,12H,2-9H2,1H3. The highest BCUT2D eigenvalue weighted by Gasteiger charge is 2.27. The van der Waals surface area contributed by atoms with Gasteiger partial charge in [0.25, 0.3) is 0 Å². The number of nitrogens with zero attached hydrogens (tertiary/aromatic N) is 2. The zero-order valence-electron chi connectivity index (χ0n) is 9.95. The van der Waals surface area contributed by atoms with Crippen LogP contribution in [0.5, 0.6) is 0 Å². The van der Waals surface area contributed by atoms with E-state index >= 15 is 0 Å². The molecular formula is C11H21N3OS. The number of carbonyl (C=O) groups is 1. The van der Waals surface area contributed by atoms with E-state index in [1.165, 1.54) is 11.5 Å². The number of carbonyl (C=O) groups excluding carboxylic acids is 1. The first kappa shape index (κ1) is 12.2. The molecule has 2 heterocycles. The first-order valence-electron chi connectivity index (χ1n) is 6.10. The molecule has 0 spiro atoms. The van der Waals surface area contributed by atoms with Crippen LogP contribution in [0.3, 0.4) is 0 Å². The summed E-state index contributed by atoms with van der Waals surface area (Å²) in [6.07, 6.45) is 0. The third-order valence-electron chi connectivity index (χ3n) is 3.38. The fourth-order valence-corrected chi connectivity index (χ4v) is 3.20. The van der Waals surface area contributed by atoms with E-state index in [0.717, 1.165) is 39.3 Å². The van der Waals surface area contributed by atoms with E-state index in [1.807, 2.05) is 16.7 Å². The average Bonchev–Trinajstić information content (AvgIpc) is 2.39. The van der Waals surface area contributed by atoms with Crippen molar-refractivity contribution >= 4 is 17.7 Å². The molecule has 4 nitrogen and oxygen atoms in total. The molecule has 1 atom stereocenters. The van der Waals surface area contributed by atoms with Gasteiger partial charge in [-0.3, -0.25) is 9.69 Å². The Hall–Kier alpha value is -0.260. The van der Waals surface area contributed by atoms with Crippen LogP contribution in [0.4, 0.5) is 0 Å². The molecule has 2 fully saturated rings. The number of hydrogen-bond donors (Lipinski definition) is 1. The Labute approximate surface area is 102 Å². The van der Waals surface area contributed by atoms with Gasteiger partial charge in [-0.25, -0.2) is 0 Å². The quantitative estimate of drug-likeness (QED) is 0.732. The molecule has 16 heavy (non-hydrogen) atoms. The SMILES string of the molecule is CC(C(=O)N1CCNCC1)N1CCSCC1. The lowest BCUT2D eigenvalue weighted by molar-refractivity contribution is -0.136. The van der Waals surface area contributed by atoms with Crippen molar-refractivity contribution in [1.29, 1.82) is 0 Å². The lowest BCUT2D eigenvalue weighted by Crippen LogP contribution is -2.54. The van der Waals surface area contributed by atoms with E-state index in [2.05, 4.69) is 17.1 Å². The molecule has 2 rings (SSSR count). The van der Waals surface area contributed by atoms with E-state index in [-0.39, 0.29) is 6.04 Å². The van der Waals surface area contributed by atoms with Crippen LogP contribution < -0.4 is 5.32 Å². The van der Waals surface area contributed by atoms with Crippen LogP contribution >= 0.6 is 11.8 Å². The van der Waals surface area contributed by atoms with E-state index in [4.69, 9.17) is 0 Å². The fraction of sp³-hybridized carbons (Fsp3) is 0.909. The number of nitrogens with one attached hydrogen (secondary N) is 1. The number of amides is 1. The van der Waals surface area contributed by atoms with Gasteiger partial charge < -0.3 is 10.2 Å². The maximum atomic E-state index is 12.2. The Morgan fingerprint density at radius 1 is 1.19 bits per heavy atom. The first-order valence-corrected chi connectivity index (χ1v) is 7.26. The summed E-state index contributed by atoms with van der Waals surface area (Å²) in [5.74, 6) is 2.65. The van der Waals surface area contributed by atoms with Crippen molar-refractivity contribution in [1.82, 2.24) is 15.1 Å². The van der Waals surface area contributed by atoms with Crippen molar-refractivity contribution in [3.8, 4) is 0 Å². The highest BCUT2D eigenvalue weighted by molar-refractivity contribution is 7.99. The molecule has 0 aromatic carbocycles. The van der Waals surface area contributed by atoms with Crippen molar-refractivity contribution in [2.24, 2.45) is 0 Å². The van der Waals surface area contributed by atoms with Crippen LogP contribution in [0.25, 0.3) is 0 Å². The van der Waals surface area contributed by atoms with E-state index in [9.17, 15) is 4.79 Å². The Morgan fingerprint density at radius 2 is 1.81 bits per heavy atom. The second-order valence-corrected chi connectivity index (χ2v) is 5.62. The normalized spacial score (nSPS) is 25.4. The Morgan fingerprint density at radius 3 is 2.44 bits per heavy atom. The summed E-state index contributed by atoms with van der Waals surface area (Å²) < 4.78 is 0. The second-order valence-electron chi connectivity index (χ2n) is 4.40. The minimum Gasteiger partial charge on any atom is -0.339 e. The summed E-state index contributed by atoms with van der Waals surface area (Å²) in [5.41, 5.74) is 0. The van der Waals surface area contributed by atoms with Crippen molar-refractivity contribution in [3.05, 3.63) is 0 Å². The van der Waals surface area contributed by atoms with Gasteiger partial charge in [0.2, 0.25) is 5.91 Å². The predicted molar refractivity (Wildman–Crippen MR) is 67.8 cm³/mol. The molecule has 0 aliphatic carbocycles. The third kappa shape index (κ3) is 2.90. The summed E-state index contributed by atoms with van der Waals surface area (Å²) in [6.45, 7) is 7.79. The van der Waals surface area contributed by atoms with Crippen molar-refractivity contribution in [2.75, 3.05) is 50.8 Å². The molecule has 1 N–H and O–H groups in total. The molecule has 0 saturated carbocycles. The van der Waals surface area contributed by atoms with Crippen molar-refractivity contribution < 1.29 is 4.79 Å². The maximum Gasteiger partial charge on any atom is 0.239 e. The summed E-state index contributed by atoms with van der Waals surface area (Å²) in [7, 11) is 0. The zero-order chi connectivity index (χ0) is 11.4. The minimum absolute atomic E-state index is 0.0685. The number of rotatable bonds is 2. The molecule has 2 saturated heterocycles. The fourth-order valence-electron chi connectivity index (χ4n) is 2.27. The van der Waals surface area contributed by atoms with Gasteiger partial charge in [-0.15, -0.1) is 0 Å². The Balaban J connectivity index is 1.86. The molecule has 0 bridgehead atoms. The largest absolute Gasteiger partial charge is 0.339 e. The third-order valence-corrected chi connectivity index (χ3v) is 4.32. The molecular weight excluding hydrogens is 222 g/mol. The van der Waals surface area contributed by atoms with Crippen molar-refractivity contribution in [3.63, 3.8) is 0 Å². The van der Waals surface area contributed by atoms with Crippen LogP contribution in [0.2, 0.25) is 0 Å². The summed E-state index contributed by atoms with van der Waals surface area (Å²) in [6, 6.07) is 0.0685. The van der Waals surface area contributed by atoms with Crippen LogP contribution in [-0.2, 0) is 4.79 Å². The predicted octanol–water partition coefficient (Wildman–Crippen LogP) is -0.144. The lowest BCUT2D eigenvalue weighted by Gasteiger charge is -2.36. The molecule has 1 unspecified atom stereocenters. The van der Waals surface area contributed by atoms with Gasteiger partial charge in [-0.1, -0.05) is 0 Å². The van der Waals surface area contributed by atoms with E-state index in [1.54, 1.807) is 0 Å². The average molecular weight is 243 g/mol. The molecule has 5 heteroatoms. The monoisotopic (exact) mass is 243 g/mol. The zero-order valence-corrected chi connectivity index (χ0v) is 10.8. The Bertz CT molecular complexity index is 237. The van der Waals surface area contributed by atoms with E-state index < -0.39 is 0 Å². The topological polar surface area (TPSA) is 35.6 Å². The first-order chi connectivity index (χ1) is 7.79. The van der Waals surface area contributed by atoms with Gasteiger partial charge in [0.15, 0.2) is 0 Å². The van der Waals surface area contributed by atoms with Gasteiger partial charge in [0.05, 0.1) is 6.04 Å². The van der Waals surface area contributed by atoms with Gasteiger partial charge in [-0.05, 0) is 6.92 Å². The molecule has 2 aliphatic rings. The molecule has 0 aromatic rings. The summed E-state index contributed by atoms with van der Waals surface area (Å²) >= 11 is 1.99. The Kier molecular flexibility index (Phi) is 4.49. The number of thioether (sulfide) groups is 1. The second kappa shape index (κ2) is 5.89. The van der Waals surface area contributed by atoms with Crippen LogP contribution in [0.15, 0.2) is 0 Å². The molecule has 92 valence electrons. The van der Waals surface area contributed by atoms with E-state index in [0.29, 0.717) is 5.91 Å².